The molecule has 1 aromatic carbocycles. The molecule has 1 heterocycles. The first-order valence-electron chi connectivity index (χ1n) is 9.69. The number of nitrogens with zero attached hydrogens (tertiary/aromatic N) is 1. The lowest BCUT2D eigenvalue weighted by Crippen LogP contribution is -2.56. The van der Waals surface area contributed by atoms with Crippen molar-refractivity contribution in [3.8, 4) is 0 Å². The van der Waals surface area contributed by atoms with Crippen molar-refractivity contribution in [2.24, 2.45) is 11.7 Å². The smallest absolute Gasteiger partial charge is 0.271 e. The van der Waals surface area contributed by atoms with Gasteiger partial charge in [-0.05, 0) is 25.7 Å². The Morgan fingerprint density at radius 2 is 1.69 bits per heavy atom. The number of likely N-dealkylation sites (tertiary alicyclic amines) is 1. The van der Waals surface area contributed by atoms with Crippen LogP contribution in [0.1, 0.15) is 44.0 Å². The molecule has 0 saturated carbocycles. The van der Waals surface area contributed by atoms with Crippen LogP contribution in [0, 0.1) is 5.92 Å². The molecule has 0 radical (unpaired) electrons. The molecule has 29 heavy (non-hydrogen) atoms. The summed E-state index contributed by atoms with van der Waals surface area (Å²) in [5.41, 5.74) is 5.70. The molecule has 2 rings (SSSR count). The van der Waals surface area contributed by atoms with Crippen LogP contribution < -0.4 is 11.1 Å². The summed E-state index contributed by atoms with van der Waals surface area (Å²) in [6.07, 6.45) is 0.825. The molecule has 0 spiro atoms. The van der Waals surface area contributed by atoms with Crippen LogP contribution in [0.2, 0.25) is 0 Å². The van der Waals surface area contributed by atoms with E-state index in [2.05, 4.69) is 5.32 Å². The van der Waals surface area contributed by atoms with E-state index in [1.54, 1.807) is 32.0 Å². The molecular weight excluding hydrogens is 374 g/mol. The van der Waals surface area contributed by atoms with Crippen LogP contribution in [0.3, 0.4) is 0 Å². The second kappa shape index (κ2) is 9.56. The number of carbonyl (C=O) groups is 5. The minimum Gasteiger partial charge on any atom is -0.343 e. The van der Waals surface area contributed by atoms with Gasteiger partial charge in [0.05, 0.1) is 12.1 Å². The van der Waals surface area contributed by atoms with Gasteiger partial charge >= 0.3 is 0 Å². The van der Waals surface area contributed by atoms with E-state index in [1.165, 1.54) is 24.0 Å². The topological polar surface area (TPSA) is 127 Å². The number of amides is 2. The minimum atomic E-state index is -1.14. The van der Waals surface area contributed by atoms with Gasteiger partial charge in [0.2, 0.25) is 23.4 Å². The maximum absolute atomic E-state index is 13.0. The lowest BCUT2D eigenvalue weighted by Gasteiger charge is -2.30. The largest absolute Gasteiger partial charge is 0.343 e. The molecule has 2 amide bonds. The third kappa shape index (κ3) is 5.14. The van der Waals surface area contributed by atoms with Crippen molar-refractivity contribution >= 4 is 29.2 Å². The van der Waals surface area contributed by atoms with Gasteiger partial charge in [-0.15, -0.1) is 0 Å². The van der Waals surface area contributed by atoms with Gasteiger partial charge in [-0.25, -0.2) is 0 Å². The Kier molecular flexibility index (Phi) is 7.39. The van der Waals surface area contributed by atoms with Gasteiger partial charge in [-0.2, -0.15) is 0 Å². The van der Waals surface area contributed by atoms with Gasteiger partial charge in [0.1, 0.15) is 6.04 Å². The van der Waals surface area contributed by atoms with Gasteiger partial charge < -0.3 is 16.0 Å². The van der Waals surface area contributed by atoms with E-state index < -0.39 is 47.3 Å². The SMILES string of the molecule is CC(C)[C@H](NC(=O)[C@H](C)N)C(=O)N1CCC[C@H]1C(=O)C(=O)C(=O)c1ccccc1. The van der Waals surface area contributed by atoms with E-state index in [1.807, 2.05) is 0 Å². The van der Waals surface area contributed by atoms with Crippen LogP contribution >= 0.6 is 0 Å². The fourth-order valence-corrected chi connectivity index (χ4v) is 3.26. The maximum atomic E-state index is 13.0. The second-order valence-electron chi connectivity index (χ2n) is 7.60. The highest BCUT2D eigenvalue weighted by Crippen LogP contribution is 2.22. The number of benzene rings is 1. The zero-order chi connectivity index (χ0) is 21.7. The predicted molar refractivity (Wildman–Crippen MR) is 106 cm³/mol. The summed E-state index contributed by atoms with van der Waals surface area (Å²) < 4.78 is 0. The van der Waals surface area contributed by atoms with Gasteiger partial charge in [0.15, 0.2) is 0 Å². The zero-order valence-corrected chi connectivity index (χ0v) is 16.9. The van der Waals surface area contributed by atoms with E-state index in [0.29, 0.717) is 12.8 Å². The van der Waals surface area contributed by atoms with Crippen molar-refractivity contribution in [2.75, 3.05) is 6.54 Å². The third-order valence-electron chi connectivity index (χ3n) is 4.95. The summed E-state index contributed by atoms with van der Waals surface area (Å²) in [5.74, 6) is -4.10. The third-order valence-corrected chi connectivity index (χ3v) is 4.95. The molecular formula is C21H27N3O5. The van der Waals surface area contributed by atoms with Crippen LogP contribution in [0.15, 0.2) is 30.3 Å². The van der Waals surface area contributed by atoms with Crippen molar-refractivity contribution in [1.82, 2.24) is 10.2 Å². The molecule has 3 N–H and O–H groups in total. The summed E-state index contributed by atoms with van der Waals surface area (Å²) in [6.45, 7) is 5.31. The van der Waals surface area contributed by atoms with Crippen LogP contribution in [-0.4, -0.2) is 58.7 Å². The lowest BCUT2D eigenvalue weighted by atomic mass is 9.97. The minimum absolute atomic E-state index is 0.131. The molecule has 1 aromatic rings. The highest BCUT2D eigenvalue weighted by Gasteiger charge is 2.42. The van der Waals surface area contributed by atoms with Crippen molar-refractivity contribution in [2.45, 2.75) is 51.7 Å². The Morgan fingerprint density at radius 1 is 1.07 bits per heavy atom. The quantitative estimate of drug-likeness (QED) is 0.371. The summed E-state index contributed by atoms with van der Waals surface area (Å²) >= 11 is 0. The fraction of sp³-hybridized carbons (Fsp3) is 0.476. The van der Waals surface area contributed by atoms with Crippen molar-refractivity contribution in [1.29, 1.82) is 0 Å². The number of nitrogens with two attached hydrogens (primary N) is 1. The molecule has 3 atom stereocenters. The van der Waals surface area contributed by atoms with Crippen molar-refractivity contribution in [3.63, 3.8) is 0 Å². The average Bonchev–Trinajstić information content (AvgIpc) is 3.19. The van der Waals surface area contributed by atoms with Crippen LogP contribution in [0.5, 0.6) is 0 Å². The summed E-state index contributed by atoms with van der Waals surface area (Å²) in [5, 5.41) is 2.61. The van der Waals surface area contributed by atoms with E-state index in [4.69, 9.17) is 5.73 Å². The molecule has 0 aliphatic carbocycles. The molecule has 1 aliphatic rings. The molecule has 0 aromatic heterocycles. The normalized spacial score (nSPS) is 18.2. The average molecular weight is 401 g/mol. The number of ketones is 3. The van der Waals surface area contributed by atoms with Gasteiger partial charge in [0.25, 0.3) is 5.78 Å². The number of rotatable bonds is 8. The van der Waals surface area contributed by atoms with E-state index in [9.17, 15) is 24.0 Å². The summed E-state index contributed by atoms with van der Waals surface area (Å²) in [7, 11) is 0. The molecule has 1 fully saturated rings. The van der Waals surface area contributed by atoms with Gasteiger partial charge in [-0.1, -0.05) is 44.2 Å². The Bertz CT molecular complexity index is 804. The summed E-state index contributed by atoms with van der Waals surface area (Å²) in [6, 6.07) is 5.16. The van der Waals surface area contributed by atoms with Crippen LogP contribution in [0.25, 0.3) is 0 Å². The molecule has 8 nitrogen and oxygen atoms in total. The van der Waals surface area contributed by atoms with E-state index in [-0.39, 0.29) is 18.0 Å². The molecule has 156 valence electrons. The van der Waals surface area contributed by atoms with Gasteiger partial charge in [0, 0.05) is 12.1 Å². The number of Topliss-reactive ketones (excluding diaryl/α,β-unsaturated/α-hetero) is 3. The fourth-order valence-electron chi connectivity index (χ4n) is 3.26. The standard InChI is InChI=1S/C21H27N3O5/c1-12(2)16(23-20(28)13(3)22)21(29)24-11-7-10-15(24)18(26)19(27)17(25)14-8-5-4-6-9-14/h4-6,8-9,12-13,15-16H,7,10-11,22H2,1-3H3,(H,23,28)/t13-,15-,16-/m0/s1. The number of hydrogen-bond acceptors (Lipinski definition) is 6. The monoisotopic (exact) mass is 401 g/mol. The number of nitrogens with one attached hydrogen (secondary N) is 1. The Balaban J connectivity index is 2.17. The zero-order valence-electron chi connectivity index (χ0n) is 16.9. The molecule has 1 saturated heterocycles. The van der Waals surface area contributed by atoms with E-state index in [0.717, 1.165) is 0 Å². The van der Waals surface area contributed by atoms with Gasteiger partial charge in [-0.3, -0.25) is 24.0 Å². The van der Waals surface area contributed by atoms with Crippen molar-refractivity contribution < 1.29 is 24.0 Å². The maximum Gasteiger partial charge on any atom is 0.271 e. The number of hydrogen-bond donors (Lipinski definition) is 2. The Hall–Kier alpha value is -2.87. The molecule has 0 unspecified atom stereocenters. The van der Waals surface area contributed by atoms with Crippen molar-refractivity contribution in [3.05, 3.63) is 35.9 Å². The Labute approximate surface area is 169 Å². The highest BCUT2D eigenvalue weighted by atomic mass is 16.2. The van der Waals surface area contributed by atoms with Crippen LogP contribution in [0.4, 0.5) is 0 Å². The second-order valence-corrected chi connectivity index (χ2v) is 7.60. The first kappa shape index (κ1) is 22.4. The lowest BCUT2D eigenvalue weighted by molar-refractivity contribution is -0.144. The highest BCUT2D eigenvalue weighted by molar-refractivity contribution is 6.68. The number of carbonyl (C=O) groups excluding carboxylic acids is 5. The van der Waals surface area contributed by atoms with E-state index >= 15 is 0 Å². The molecule has 0 bridgehead atoms. The van der Waals surface area contributed by atoms with Crippen LogP contribution in [-0.2, 0) is 19.2 Å². The predicted octanol–water partition coefficient (Wildman–Crippen LogP) is 0.487. The Morgan fingerprint density at radius 3 is 2.24 bits per heavy atom. The summed E-state index contributed by atoms with van der Waals surface area (Å²) in [4.78, 5) is 63.8. The first-order chi connectivity index (χ1) is 13.6. The molecule has 8 heteroatoms. The first-order valence-corrected chi connectivity index (χ1v) is 9.69. The molecule has 1 aliphatic heterocycles.